The van der Waals surface area contributed by atoms with E-state index in [1.54, 1.807) is 0 Å². The van der Waals surface area contributed by atoms with E-state index in [1.165, 1.54) is 5.57 Å². The van der Waals surface area contributed by atoms with Crippen molar-refractivity contribution in [1.82, 2.24) is 0 Å². The molecule has 0 aliphatic heterocycles. The molecule has 2 aliphatic carbocycles. The van der Waals surface area contributed by atoms with Gasteiger partial charge in [-0.25, -0.2) is 0 Å². The van der Waals surface area contributed by atoms with Gasteiger partial charge in [0.2, 0.25) is 0 Å². The van der Waals surface area contributed by atoms with Gasteiger partial charge in [-0.3, -0.25) is 0 Å². The minimum Gasteiger partial charge on any atom is -0.0775 e. The molecule has 0 aromatic heterocycles. The first-order chi connectivity index (χ1) is 7.33. The van der Waals surface area contributed by atoms with Crippen molar-refractivity contribution in [3.8, 4) is 0 Å². The lowest BCUT2D eigenvalue weighted by molar-refractivity contribution is 0.777. The first kappa shape index (κ1) is 11.7. The fraction of sp³-hybridized carbons (Fsp3) is 0.467. The maximum absolute atomic E-state index is 2.51. The van der Waals surface area contributed by atoms with Gasteiger partial charge in [0.25, 0.3) is 0 Å². The Morgan fingerprint density at radius 2 is 1.50 bits per heavy atom. The lowest BCUT2D eigenvalue weighted by atomic mass is 10.1. The van der Waals surface area contributed by atoms with Crippen molar-refractivity contribution in [2.45, 2.75) is 43.9 Å². The third kappa shape index (κ3) is 1.27. The van der Waals surface area contributed by atoms with Gasteiger partial charge in [0.15, 0.2) is 0 Å². The van der Waals surface area contributed by atoms with Gasteiger partial charge >= 0.3 is 0 Å². The Bertz CT molecular complexity index is 409. The molecule has 0 fully saturated rings. The van der Waals surface area contributed by atoms with Gasteiger partial charge in [-0.2, -0.15) is 0 Å². The van der Waals surface area contributed by atoms with Crippen LogP contribution in [0.25, 0.3) is 0 Å². The molecular weight excluding hydrogens is 208 g/mol. The predicted octanol–water partition coefficient (Wildman–Crippen LogP) is 4.86. The van der Waals surface area contributed by atoms with Crippen LogP contribution < -0.4 is 0 Å². The second-order valence-corrected chi connectivity index (χ2v) is 11.4. The largest absolute Gasteiger partial charge is 0.0775 e. The topological polar surface area (TPSA) is 0 Å². The van der Waals surface area contributed by atoms with E-state index in [9.17, 15) is 0 Å². The Kier molecular flexibility index (Phi) is 2.43. The Labute approximate surface area is 100 Å². The number of hydrogen-bond acceptors (Lipinski definition) is 0. The zero-order valence-electron chi connectivity index (χ0n) is 11.0. The standard InChI is InChI=1S/C15H22Si/c1-13-9-8-12-15(13,3)16(4,5)14(2)10-6-7-11-14/h6-12H,1-5H3. The number of hydrogen-bond donors (Lipinski definition) is 0. The van der Waals surface area contributed by atoms with Gasteiger partial charge in [-0.05, 0) is 12.0 Å². The third-order valence-electron chi connectivity index (χ3n) is 5.24. The summed E-state index contributed by atoms with van der Waals surface area (Å²) in [6, 6.07) is 0. The SMILES string of the molecule is CC1=CC=CC1(C)[Si](C)(C)C1(C)C=CC=C1. The first-order valence-electron chi connectivity index (χ1n) is 6.07. The molecule has 0 nitrogen and oxygen atoms in total. The Balaban J connectivity index is 2.47. The molecule has 0 N–H and O–H groups in total. The quantitative estimate of drug-likeness (QED) is 0.594. The van der Waals surface area contributed by atoms with Crippen LogP contribution in [-0.4, -0.2) is 8.07 Å². The molecule has 0 saturated heterocycles. The second-order valence-electron chi connectivity index (χ2n) is 6.04. The van der Waals surface area contributed by atoms with Gasteiger partial charge in [-0.1, -0.05) is 75.0 Å². The summed E-state index contributed by atoms with van der Waals surface area (Å²) in [5.74, 6) is 0. The highest BCUT2D eigenvalue weighted by Crippen LogP contribution is 2.60. The molecule has 1 heteroatoms. The summed E-state index contributed by atoms with van der Waals surface area (Å²) in [6.07, 6.45) is 16.1. The van der Waals surface area contributed by atoms with Crippen LogP contribution in [0.15, 0.2) is 48.1 Å². The third-order valence-corrected chi connectivity index (χ3v) is 11.4. The van der Waals surface area contributed by atoms with Crippen LogP contribution in [0.2, 0.25) is 23.2 Å². The minimum absolute atomic E-state index is 0.283. The molecule has 16 heavy (non-hydrogen) atoms. The molecule has 2 rings (SSSR count). The molecule has 1 unspecified atom stereocenters. The van der Waals surface area contributed by atoms with Crippen LogP contribution in [0.3, 0.4) is 0 Å². The zero-order chi connectivity index (χ0) is 12.0. The van der Waals surface area contributed by atoms with E-state index < -0.39 is 8.07 Å². The summed E-state index contributed by atoms with van der Waals surface area (Å²) in [5, 5.41) is 0.576. The molecular formula is C15H22Si. The number of rotatable bonds is 2. The van der Waals surface area contributed by atoms with Gasteiger partial charge < -0.3 is 0 Å². The number of allylic oxidation sites excluding steroid dienone is 8. The van der Waals surface area contributed by atoms with Gasteiger partial charge in [0, 0.05) is 5.04 Å². The maximum atomic E-state index is 2.51. The highest BCUT2D eigenvalue weighted by molar-refractivity contribution is 6.85. The monoisotopic (exact) mass is 230 g/mol. The Morgan fingerprint density at radius 1 is 0.938 bits per heavy atom. The van der Waals surface area contributed by atoms with Crippen LogP contribution in [0.1, 0.15) is 20.8 Å². The Hall–Kier alpha value is -0.823. The molecule has 0 spiro atoms. The van der Waals surface area contributed by atoms with Crippen LogP contribution in [0, 0.1) is 0 Å². The van der Waals surface area contributed by atoms with Crippen molar-refractivity contribution < 1.29 is 0 Å². The lowest BCUT2D eigenvalue weighted by Crippen LogP contribution is -2.48. The molecule has 0 heterocycles. The first-order valence-corrected chi connectivity index (χ1v) is 9.07. The van der Waals surface area contributed by atoms with Crippen molar-refractivity contribution in [2.75, 3.05) is 0 Å². The molecule has 2 aliphatic rings. The summed E-state index contributed by atoms with van der Waals surface area (Å²) in [4.78, 5) is 0. The summed E-state index contributed by atoms with van der Waals surface area (Å²) < 4.78 is 0. The molecule has 0 saturated carbocycles. The summed E-state index contributed by atoms with van der Waals surface area (Å²) in [5.41, 5.74) is 1.53. The Morgan fingerprint density at radius 3 is 1.94 bits per heavy atom. The van der Waals surface area contributed by atoms with Crippen LogP contribution >= 0.6 is 0 Å². The van der Waals surface area contributed by atoms with Crippen LogP contribution in [-0.2, 0) is 0 Å². The molecule has 0 radical (unpaired) electrons. The van der Waals surface area contributed by atoms with Crippen LogP contribution in [0.4, 0.5) is 0 Å². The molecule has 0 bridgehead atoms. The predicted molar refractivity (Wildman–Crippen MR) is 75.4 cm³/mol. The van der Waals surface area contributed by atoms with E-state index in [4.69, 9.17) is 0 Å². The fourth-order valence-electron chi connectivity index (χ4n) is 2.93. The van der Waals surface area contributed by atoms with E-state index in [1.807, 2.05) is 0 Å². The van der Waals surface area contributed by atoms with Crippen molar-refractivity contribution >= 4 is 8.07 Å². The summed E-state index contributed by atoms with van der Waals surface area (Å²) in [6.45, 7) is 12.1. The minimum atomic E-state index is -1.48. The van der Waals surface area contributed by atoms with Crippen molar-refractivity contribution in [2.24, 2.45) is 0 Å². The molecule has 0 aromatic rings. The van der Waals surface area contributed by atoms with Gasteiger partial charge in [-0.15, -0.1) is 0 Å². The summed E-state index contributed by atoms with van der Waals surface area (Å²) in [7, 11) is -1.48. The average Bonchev–Trinajstić information content (AvgIpc) is 2.77. The van der Waals surface area contributed by atoms with Crippen molar-refractivity contribution in [3.63, 3.8) is 0 Å². The lowest BCUT2D eigenvalue weighted by Gasteiger charge is -2.49. The molecule has 0 amide bonds. The average molecular weight is 230 g/mol. The van der Waals surface area contributed by atoms with E-state index >= 15 is 0 Å². The summed E-state index contributed by atoms with van der Waals surface area (Å²) >= 11 is 0. The normalized spacial score (nSPS) is 31.2. The second kappa shape index (κ2) is 3.33. The van der Waals surface area contributed by atoms with Gasteiger partial charge in [0.05, 0.1) is 8.07 Å². The van der Waals surface area contributed by atoms with E-state index in [0.29, 0.717) is 5.04 Å². The molecule has 1 atom stereocenters. The molecule has 0 aromatic carbocycles. The highest BCUT2D eigenvalue weighted by atomic mass is 28.3. The maximum Gasteiger partial charge on any atom is 0.0771 e. The smallest absolute Gasteiger partial charge is 0.0771 e. The fourth-order valence-corrected chi connectivity index (χ4v) is 6.66. The molecule has 86 valence electrons. The van der Waals surface area contributed by atoms with E-state index in [0.717, 1.165) is 0 Å². The van der Waals surface area contributed by atoms with Crippen LogP contribution in [0.5, 0.6) is 0 Å². The van der Waals surface area contributed by atoms with Crippen molar-refractivity contribution in [3.05, 3.63) is 48.1 Å². The van der Waals surface area contributed by atoms with Crippen molar-refractivity contribution in [1.29, 1.82) is 0 Å². The van der Waals surface area contributed by atoms with E-state index in [-0.39, 0.29) is 5.04 Å². The van der Waals surface area contributed by atoms with E-state index in [2.05, 4.69) is 76.4 Å². The highest BCUT2D eigenvalue weighted by Gasteiger charge is 2.52. The zero-order valence-corrected chi connectivity index (χ0v) is 12.0. The van der Waals surface area contributed by atoms with Gasteiger partial charge in [0.1, 0.15) is 0 Å².